The van der Waals surface area contributed by atoms with E-state index in [1.807, 2.05) is 11.3 Å². The van der Waals surface area contributed by atoms with Gasteiger partial charge >= 0.3 is 0 Å². The van der Waals surface area contributed by atoms with Crippen LogP contribution >= 0.6 is 11.3 Å². The zero-order chi connectivity index (χ0) is 10.7. The second-order valence-electron chi connectivity index (χ2n) is 4.39. The van der Waals surface area contributed by atoms with E-state index in [2.05, 4.69) is 24.5 Å². The highest BCUT2D eigenvalue weighted by Crippen LogP contribution is 2.31. The van der Waals surface area contributed by atoms with Gasteiger partial charge in [0, 0.05) is 15.8 Å². The van der Waals surface area contributed by atoms with Crippen molar-refractivity contribution in [2.75, 3.05) is 0 Å². The maximum atomic E-state index is 5.62. The third kappa shape index (κ3) is 2.60. The molecule has 1 heterocycles. The molecule has 15 heavy (non-hydrogen) atoms. The Morgan fingerprint density at radius 1 is 1.47 bits per heavy atom. The molecule has 2 rings (SSSR count). The zero-order valence-electron chi connectivity index (χ0n) is 9.33. The van der Waals surface area contributed by atoms with Crippen LogP contribution < -0.4 is 11.3 Å². The molecule has 2 nitrogen and oxygen atoms in total. The molecule has 0 radical (unpaired) electrons. The minimum atomic E-state index is 0.488. The Morgan fingerprint density at radius 2 is 2.20 bits per heavy atom. The third-order valence-electron chi connectivity index (χ3n) is 3.42. The SMILES string of the molecule is CCc1ccc(CC(NN)C2CCC2)s1. The van der Waals surface area contributed by atoms with E-state index >= 15 is 0 Å². The Hall–Kier alpha value is -0.380. The number of hydrazine groups is 1. The molecule has 1 unspecified atom stereocenters. The van der Waals surface area contributed by atoms with E-state index in [0.29, 0.717) is 6.04 Å². The predicted molar refractivity (Wildman–Crippen MR) is 65.9 cm³/mol. The molecule has 1 aromatic heterocycles. The fourth-order valence-corrected chi connectivity index (χ4v) is 3.16. The second-order valence-corrected chi connectivity index (χ2v) is 5.64. The molecule has 1 atom stereocenters. The van der Waals surface area contributed by atoms with Crippen molar-refractivity contribution in [3.8, 4) is 0 Å². The molecule has 0 saturated heterocycles. The third-order valence-corrected chi connectivity index (χ3v) is 4.67. The largest absolute Gasteiger partial charge is 0.271 e. The summed E-state index contributed by atoms with van der Waals surface area (Å²) in [6.07, 6.45) is 6.33. The fraction of sp³-hybridized carbons (Fsp3) is 0.667. The Kier molecular flexibility index (Phi) is 3.78. The first kappa shape index (κ1) is 11.1. The summed E-state index contributed by atoms with van der Waals surface area (Å²) in [7, 11) is 0. The highest BCUT2D eigenvalue weighted by atomic mass is 32.1. The average Bonchev–Trinajstić information content (AvgIpc) is 2.61. The molecule has 84 valence electrons. The Balaban J connectivity index is 1.93. The first-order valence-electron chi connectivity index (χ1n) is 5.87. The minimum Gasteiger partial charge on any atom is -0.271 e. The van der Waals surface area contributed by atoms with Gasteiger partial charge in [0.25, 0.3) is 0 Å². The van der Waals surface area contributed by atoms with Gasteiger partial charge < -0.3 is 0 Å². The number of hydrogen-bond acceptors (Lipinski definition) is 3. The van der Waals surface area contributed by atoms with Crippen LogP contribution in [-0.2, 0) is 12.8 Å². The van der Waals surface area contributed by atoms with E-state index in [4.69, 9.17) is 5.84 Å². The minimum absolute atomic E-state index is 0.488. The number of rotatable bonds is 5. The number of aryl methyl sites for hydroxylation is 1. The quantitative estimate of drug-likeness (QED) is 0.595. The average molecular weight is 224 g/mol. The monoisotopic (exact) mass is 224 g/mol. The Morgan fingerprint density at radius 3 is 2.67 bits per heavy atom. The maximum absolute atomic E-state index is 5.62. The summed E-state index contributed by atoms with van der Waals surface area (Å²) >= 11 is 1.93. The van der Waals surface area contributed by atoms with Crippen molar-refractivity contribution in [2.45, 2.75) is 45.1 Å². The van der Waals surface area contributed by atoms with Crippen LogP contribution in [0.1, 0.15) is 35.9 Å². The van der Waals surface area contributed by atoms with Crippen molar-refractivity contribution in [3.63, 3.8) is 0 Å². The second kappa shape index (κ2) is 5.10. The first-order chi connectivity index (χ1) is 7.33. The molecule has 0 spiro atoms. The van der Waals surface area contributed by atoms with Crippen molar-refractivity contribution >= 4 is 11.3 Å². The lowest BCUT2D eigenvalue weighted by molar-refractivity contribution is 0.229. The lowest BCUT2D eigenvalue weighted by atomic mass is 9.78. The van der Waals surface area contributed by atoms with E-state index in [1.165, 1.54) is 29.0 Å². The number of nitrogens with two attached hydrogens (primary N) is 1. The standard InChI is InChI=1S/C12H20N2S/c1-2-10-6-7-11(15-10)8-12(14-13)9-4-3-5-9/h6-7,9,12,14H,2-5,8,13H2,1H3. The summed E-state index contributed by atoms with van der Waals surface area (Å²) < 4.78 is 0. The molecular weight excluding hydrogens is 204 g/mol. The van der Waals surface area contributed by atoms with Crippen molar-refractivity contribution < 1.29 is 0 Å². The number of thiophene rings is 1. The summed E-state index contributed by atoms with van der Waals surface area (Å²) in [4.78, 5) is 2.95. The highest BCUT2D eigenvalue weighted by Gasteiger charge is 2.26. The summed E-state index contributed by atoms with van der Waals surface area (Å²) in [6, 6.07) is 4.99. The lowest BCUT2D eigenvalue weighted by Crippen LogP contribution is -2.44. The van der Waals surface area contributed by atoms with Crippen molar-refractivity contribution in [3.05, 3.63) is 21.9 Å². The summed E-state index contributed by atoms with van der Waals surface area (Å²) in [5, 5.41) is 0. The predicted octanol–water partition coefficient (Wildman–Crippen LogP) is 2.49. The molecule has 0 aliphatic heterocycles. The van der Waals surface area contributed by atoms with Crippen LogP contribution in [0.4, 0.5) is 0 Å². The number of hydrogen-bond donors (Lipinski definition) is 2. The smallest absolute Gasteiger partial charge is 0.0286 e. The molecule has 3 N–H and O–H groups in total. The van der Waals surface area contributed by atoms with Gasteiger partial charge in [-0.15, -0.1) is 11.3 Å². The molecule has 1 fully saturated rings. The van der Waals surface area contributed by atoms with Crippen LogP contribution in [-0.4, -0.2) is 6.04 Å². The van der Waals surface area contributed by atoms with Gasteiger partial charge in [0.2, 0.25) is 0 Å². The molecular formula is C12H20N2S. The van der Waals surface area contributed by atoms with Crippen LogP contribution in [0.25, 0.3) is 0 Å². The molecule has 3 heteroatoms. The molecule has 1 saturated carbocycles. The molecule has 0 bridgehead atoms. The van der Waals surface area contributed by atoms with Crippen molar-refractivity contribution in [1.82, 2.24) is 5.43 Å². The Labute approximate surface area is 95.8 Å². The molecule has 1 aliphatic rings. The van der Waals surface area contributed by atoms with E-state index in [1.54, 1.807) is 0 Å². The molecule has 0 aromatic carbocycles. The molecule has 1 aromatic rings. The molecule has 0 amide bonds. The van der Waals surface area contributed by atoms with Gasteiger partial charge in [-0.2, -0.15) is 0 Å². The maximum Gasteiger partial charge on any atom is 0.0286 e. The zero-order valence-corrected chi connectivity index (χ0v) is 10.1. The summed E-state index contributed by atoms with van der Waals surface area (Å²) in [5.41, 5.74) is 2.99. The summed E-state index contributed by atoms with van der Waals surface area (Å²) in [5.74, 6) is 6.43. The van der Waals surface area contributed by atoms with Gasteiger partial charge in [-0.3, -0.25) is 11.3 Å². The van der Waals surface area contributed by atoms with Crippen LogP contribution in [0.2, 0.25) is 0 Å². The molecule has 1 aliphatic carbocycles. The van der Waals surface area contributed by atoms with Crippen LogP contribution in [0, 0.1) is 5.92 Å². The van der Waals surface area contributed by atoms with Crippen LogP contribution in [0.15, 0.2) is 12.1 Å². The van der Waals surface area contributed by atoms with Gasteiger partial charge in [-0.25, -0.2) is 0 Å². The van der Waals surface area contributed by atoms with Crippen molar-refractivity contribution in [1.29, 1.82) is 0 Å². The Bertz CT molecular complexity index is 304. The van der Waals surface area contributed by atoms with Gasteiger partial charge in [-0.1, -0.05) is 13.3 Å². The van der Waals surface area contributed by atoms with Gasteiger partial charge in [0.05, 0.1) is 0 Å². The van der Waals surface area contributed by atoms with E-state index < -0.39 is 0 Å². The first-order valence-corrected chi connectivity index (χ1v) is 6.69. The highest BCUT2D eigenvalue weighted by molar-refractivity contribution is 7.11. The lowest BCUT2D eigenvalue weighted by Gasteiger charge is -2.33. The normalized spacial score (nSPS) is 18.8. The van der Waals surface area contributed by atoms with Crippen LogP contribution in [0.3, 0.4) is 0 Å². The van der Waals surface area contributed by atoms with Crippen molar-refractivity contribution in [2.24, 2.45) is 11.8 Å². The van der Waals surface area contributed by atoms with E-state index in [9.17, 15) is 0 Å². The fourth-order valence-electron chi connectivity index (χ4n) is 2.14. The van der Waals surface area contributed by atoms with Gasteiger partial charge in [0.1, 0.15) is 0 Å². The number of nitrogens with one attached hydrogen (secondary N) is 1. The van der Waals surface area contributed by atoms with E-state index in [-0.39, 0.29) is 0 Å². The van der Waals surface area contributed by atoms with Gasteiger partial charge in [-0.05, 0) is 43.7 Å². The van der Waals surface area contributed by atoms with Gasteiger partial charge in [0.15, 0.2) is 0 Å². The van der Waals surface area contributed by atoms with Crippen LogP contribution in [0.5, 0.6) is 0 Å². The summed E-state index contributed by atoms with van der Waals surface area (Å²) in [6.45, 7) is 2.21. The van der Waals surface area contributed by atoms with E-state index in [0.717, 1.165) is 18.8 Å². The topological polar surface area (TPSA) is 38.0 Å².